The van der Waals surface area contributed by atoms with Crippen molar-refractivity contribution in [1.29, 1.82) is 0 Å². The molecular formula is C33H27BrClN5O2. The van der Waals surface area contributed by atoms with Gasteiger partial charge in [0.25, 0.3) is 11.8 Å². The summed E-state index contributed by atoms with van der Waals surface area (Å²) in [5.41, 5.74) is 1.91. The first-order chi connectivity index (χ1) is 20.5. The number of benzene rings is 3. The Labute approximate surface area is 257 Å². The zero-order valence-electron chi connectivity index (χ0n) is 22.6. The van der Waals surface area contributed by atoms with Gasteiger partial charge < -0.3 is 9.80 Å². The number of halogens is 2. The normalized spacial score (nSPS) is 13.4. The van der Waals surface area contributed by atoms with Gasteiger partial charge in [0.15, 0.2) is 5.82 Å². The quantitative estimate of drug-likeness (QED) is 0.173. The number of anilines is 1. The van der Waals surface area contributed by atoms with E-state index in [9.17, 15) is 9.59 Å². The third-order valence-corrected chi connectivity index (χ3v) is 8.08. The Morgan fingerprint density at radius 1 is 0.833 bits per heavy atom. The van der Waals surface area contributed by atoms with Gasteiger partial charge in [0, 0.05) is 24.5 Å². The van der Waals surface area contributed by atoms with Crippen molar-refractivity contribution in [2.24, 2.45) is 0 Å². The zero-order chi connectivity index (χ0) is 29.1. The second kappa shape index (κ2) is 11.9. The molecule has 210 valence electrons. The van der Waals surface area contributed by atoms with E-state index in [1.807, 2.05) is 91.0 Å². The highest BCUT2D eigenvalue weighted by Gasteiger charge is 2.58. The fourth-order valence-corrected chi connectivity index (χ4v) is 5.72. The minimum atomic E-state index is -1.03. The number of para-hydroxylation sites is 1. The van der Waals surface area contributed by atoms with E-state index in [1.165, 1.54) is 4.68 Å². The molecule has 2 amide bonds. The van der Waals surface area contributed by atoms with Gasteiger partial charge >= 0.3 is 0 Å². The van der Waals surface area contributed by atoms with E-state index < -0.39 is 5.54 Å². The van der Waals surface area contributed by atoms with Crippen molar-refractivity contribution in [3.63, 3.8) is 0 Å². The monoisotopic (exact) mass is 639 g/mol. The lowest BCUT2D eigenvalue weighted by Gasteiger charge is -2.35. The van der Waals surface area contributed by atoms with Crippen LogP contribution in [0.25, 0.3) is 5.82 Å². The molecule has 0 saturated heterocycles. The summed E-state index contributed by atoms with van der Waals surface area (Å²) in [5, 5.41) is 4.84. The first-order valence-corrected chi connectivity index (χ1v) is 14.8. The average Bonchev–Trinajstić information content (AvgIpc) is 3.74. The van der Waals surface area contributed by atoms with E-state index in [0.29, 0.717) is 34.8 Å². The predicted octanol–water partition coefficient (Wildman–Crippen LogP) is 7.09. The van der Waals surface area contributed by atoms with Crippen LogP contribution in [0.3, 0.4) is 0 Å². The molecule has 0 N–H and O–H groups in total. The number of amides is 2. The molecule has 0 bridgehead atoms. The summed E-state index contributed by atoms with van der Waals surface area (Å²) >= 11 is 9.90. The Morgan fingerprint density at radius 2 is 1.43 bits per heavy atom. The zero-order valence-corrected chi connectivity index (χ0v) is 24.9. The van der Waals surface area contributed by atoms with Gasteiger partial charge in [0.1, 0.15) is 15.8 Å². The SMILES string of the molecule is O=C(c1cc(Br)nn1-c1ncccc1Cl)N(Cc1ccccc1)C1(C(=O)N(Cc2ccccc2)c2ccccc2)CC1. The van der Waals surface area contributed by atoms with Crippen LogP contribution in [0.15, 0.2) is 120 Å². The van der Waals surface area contributed by atoms with Crippen LogP contribution >= 0.6 is 27.5 Å². The van der Waals surface area contributed by atoms with E-state index in [2.05, 4.69) is 26.0 Å². The summed E-state index contributed by atoms with van der Waals surface area (Å²) in [6.07, 6.45) is 2.68. The van der Waals surface area contributed by atoms with Crippen LogP contribution in [-0.2, 0) is 17.9 Å². The molecule has 2 aromatic heterocycles. The highest BCUT2D eigenvalue weighted by molar-refractivity contribution is 9.10. The van der Waals surface area contributed by atoms with E-state index in [1.54, 1.807) is 34.2 Å². The molecule has 1 saturated carbocycles. The summed E-state index contributed by atoms with van der Waals surface area (Å²) in [6.45, 7) is 0.629. The van der Waals surface area contributed by atoms with Gasteiger partial charge in [-0.05, 0) is 64.2 Å². The molecule has 6 rings (SSSR count). The summed E-state index contributed by atoms with van der Waals surface area (Å²) in [7, 11) is 0. The molecular weight excluding hydrogens is 614 g/mol. The molecule has 0 atom stereocenters. The van der Waals surface area contributed by atoms with Crippen molar-refractivity contribution >= 4 is 45.0 Å². The van der Waals surface area contributed by atoms with Gasteiger partial charge in [-0.3, -0.25) is 9.59 Å². The minimum Gasteiger partial charge on any atom is -0.318 e. The number of nitrogens with zero attached hydrogens (tertiary/aromatic N) is 5. The smallest absolute Gasteiger partial charge is 0.273 e. The van der Waals surface area contributed by atoms with Gasteiger partial charge in [-0.2, -0.15) is 5.10 Å². The molecule has 1 aliphatic carbocycles. The Kier molecular flexibility index (Phi) is 7.91. The predicted molar refractivity (Wildman–Crippen MR) is 166 cm³/mol. The fraction of sp³-hybridized carbons (Fsp3) is 0.152. The summed E-state index contributed by atoms with van der Waals surface area (Å²) in [6, 6.07) is 34.3. The molecule has 1 fully saturated rings. The van der Waals surface area contributed by atoms with Crippen LogP contribution in [0.5, 0.6) is 0 Å². The molecule has 5 aromatic rings. The number of carbonyl (C=O) groups is 2. The van der Waals surface area contributed by atoms with E-state index >= 15 is 0 Å². The van der Waals surface area contributed by atoms with Crippen molar-refractivity contribution in [3.05, 3.63) is 142 Å². The maximum absolute atomic E-state index is 14.7. The lowest BCUT2D eigenvalue weighted by atomic mass is 10.1. The number of rotatable bonds is 9. The first-order valence-electron chi connectivity index (χ1n) is 13.6. The molecule has 1 aliphatic rings. The van der Waals surface area contributed by atoms with Crippen LogP contribution in [0.2, 0.25) is 5.02 Å². The van der Waals surface area contributed by atoms with Crippen LogP contribution in [-0.4, -0.2) is 37.0 Å². The average molecular weight is 641 g/mol. The fourth-order valence-electron chi connectivity index (χ4n) is 5.14. The third-order valence-electron chi connectivity index (χ3n) is 7.40. The Balaban J connectivity index is 1.43. The van der Waals surface area contributed by atoms with Crippen LogP contribution in [0.1, 0.15) is 34.5 Å². The number of carbonyl (C=O) groups excluding carboxylic acids is 2. The van der Waals surface area contributed by atoms with Crippen molar-refractivity contribution in [1.82, 2.24) is 19.7 Å². The second-order valence-electron chi connectivity index (χ2n) is 10.2. The molecule has 2 heterocycles. The van der Waals surface area contributed by atoms with Gasteiger partial charge in [-0.15, -0.1) is 0 Å². The number of aromatic nitrogens is 3. The molecule has 7 nitrogen and oxygen atoms in total. The maximum Gasteiger partial charge on any atom is 0.273 e. The van der Waals surface area contributed by atoms with Crippen LogP contribution in [0, 0.1) is 0 Å². The minimum absolute atomic E-state index is 0.122. The highest BCUT2D eigenvalue weighted by Crippen LogP contribution is 2.46. The van der Waals surface area contributed by atoms with E-state index in [-0.39, 0.29) is 24.1 Å². The summed E-state index contributed by atoms with van der Waals surface area (Å²) < 4.78 is 1.89. The molecule has 0 spiro atoms. The molecule has 0 radical (unpaired) electrons. The van der Waals surface area contributed by atoms with Crippen molar-refractivity contribution in [3.8, 4) is 5.82 Å². The van der Waals surface area contributed by atoms with Crippen molar-refractivity contribution < 1.29 is 9.59 Å². The first kappa shape index (κ1) is 27.9. The van der Waals surface area contributed by atoms with Gasteiger partial charge in [-0.25, -0.2) is 9.67 Å². The van der Waals surface area contributed by atoms with E-state index in [0.717, 1.165) is 16.8 Å². The molecule has 0 aliphatic heterocycles. The lowest BCUT2D eigenvalue weighted by Crippen LogP contribution is -2.53. The topological polar surface area (TPSA) is 71.3 Å². The van der Waals surface area contributed by atoms with Gasteiger partial charge in [0.2, 0.25) is 0 Å². The highest BCUT2D eigenvalue weighted by atomic mass is 79.9. The third kappa shape index (κ3) is 5.60. The molecule has 42 heavy (non-hydrogen) atoms. The largest absolute Gasteiger partial charge is 0.318 e. The van der Waals surface area contributed by atoms with Crippen molar-refractivity contribution in [2.45, 2.75) is 31.5 Å². The molecule has 3 aromatic carbocycles. The van der Waals surface area contributed by atoms with Gasteiger partial charge in [-0.1, -0.05) is 90.5 Å². The summed E-state index contributed by atoms with van der Waals surface area (Å²) in [5.74, 6) is -0.126. The number of hydrogen-bond acceptors (Lipinski definition) is 4. The Hall–Kier alpha value is -4.27. The maximum atomic E-state index is 14.7. The summed E-state index contributed by atoms with van der Waals surface area (Å²) in [4.78, 5) is 37.1. The Morgan fingerprint density at radius 3 is 2.02 bits per heavy atom. The Bertz CT molecular complexity index is 1710. The molecule has 0 unspecified atom stereocenters. The number of hydrogen-bond donors (Lipinski definition) is 0. The van der Waals surface area contributed by atoms with Gasteiger partial charge in [0.05, 0.1) is 11.6 Å². The second-order valence-corrected chi connectivity index (χ2v) is 11.4. The van der Waals surface area contributed by atoms with E-state index in [4.69, 9.17) is 11.6 Å². The van der Waals surface area contributed by atoms with Crippen LogP contribution < -0.4 is 4.90 Å². The number of pyridine rings is 1. The standard InChI is InChI=1S/C33H27BrClN5O2/c34-29-21-28(40(37-29)30-27(35)17-10-20-36-30)31(41)39(23-25-13-6-2-7-14-25)33(18-19-33)32(42)38(26-15-8-3-9-16-26)22-24-11-4-1-5-12-24/h1-17,20-21H,18-19,22-23H2. The molecule has 9 heteroatoms. The lowest BCUT2D eigenvalue weighted by molar-refractivity contribution is -0.124. The van der Waals surface area contributed by atoms with Crippen LogP contribution in [0.4, 0.5) is 5.69 Å². The van der Waals surface area contributed by atoms with Crippen molar-refractivity contribution in [2.75, 3.05) is 4.90 Å².